The zero-order chi connectivity index (χ0) is 12.7. The van der Waals surface area contributed by atoms with Crippen molar-refractivity contribution in [2.75, 3.05) is 0 Å². The maximum absolute atomic E-state index is 13.7. The topological polar surface area (TPSA) is 58.9 Å². The van der Waals surface area contributed by atoms with Gasteiger partial charge in [0, 0.05) is 11.1 Å². The van der Waals surface area contributed by atoms with Crippen LogP contribution in [0.15, 0.2) is 10.5 Å². The SMILES string of the molecule is Cc1[nH]c2c(CC(N)=O)cc(F)c(Br)c2c1C. The molecule has 1 aromatic carbocycles. The monoisotopic (exact) mass is 298 g/mol. The van der Waals surface area contributed by atoms with Crippen LogP contribution in [0.25, 0.3) is 10.9 Å². The minimum absolute atomic E-state index is 0.0279. The number of carbonyl (C=O) groups is 1. The summed E-state index contributed by atoms with van der Waals surface area (Å²) in [5.74, 6) is -0.853. The van der Waals surface area contributed by atoms with Crippen LogP contribution in [0.1, 0.15) is 16.8 Å². The first kappa shape index (κ1) is 12.1. The van der Waals surface area contributed by atoms with Crippen molar-refractivity contribution in [2.24, 2.45) is 5.73 Å². The van der Waals surface area contributed by atoms with Crippen LogP contribution in [0.3, 0.4) is 0 Å². The van der Waals surface area contributed by atoms with Gasteiger partial charge in [-0.1, -0.05) is 0 Å². The van der Waals surface area contributed by atoms with Crippen molar-refractivity contribution in [3.8, 4) is 0 Å². The minimum atomic E-state index is -0.474. The van der Waals surface area contributed by atoms with Crippen molar-refractivity contribution in [1.82, 2.24) is 4.98 Å². The lowest BCUT2D eigenvalue weighted by Gasteiger charge is -2.04. The van der Waals surface area contributed by atoms with E-state index in [9.17, 15) is 9.18 Å². The number of aromatic amines is 1. The molecule has 90 valence electrons. The average Bonchev–Trinajstić information content (AvgIpc) is 2.52. The second-order valence-corrected chi connectivity index (χ2v) is 4.89. The Morgan fingerprint density at radius 3 is 2.76 bits per heavy atom. The second-order valence-electron chi connectivity index (χ2n) is 4.10. The van der Waals surface area contributed by atoms with E-state index in [4.69, 9.17) is 5.73 Å². The van der Waals surface area contributed by atoms with E-state index < -0.39 is 5.91 Å². The molecule has 0 spiro atoms. The number of hydrogen-bond donors (Lipinski definition) is 2. The highest BCUT2D eigenvalue weighted by atomic mass is 79.9. The molecule has 0 aliphatic carbocycles. The Hall–Kier alpha value is -1.36. The molecule has 0 saturated heterocycles. The van der Waals surface area contributed by atoms with Crippen LogP contribution in [-0.4, -0.2) is 10.9 Å². The molecule has 0 saturated carbocycles. The number of carbonyl (C=O) groups excluding carboxylic acids is 1. The van der Waals surface area contributed by atoms with Gasteiger partial charge in [0.2, 0.25) is 5.91 Å². The van der Waals surface area contributed by atoms with Crippen molar-refractivity contribution >= 4 is 32.7 Å². The Morgan fingerprint density at radius 2 is 2.18 bits per heavy atom. The van der Waals surface area contributed by atoms with Gasteiger partial charge in [0.1, 0.15) is 5.82 Å². The van der Waals surface area contributed by atoms with Crippen molar-refractivity contribution < 1.29 is 9.18 Å². The van der Waals surface area contributed by atoms with Gasteiger partial charge in [-0.05, 0) is 47.0 Å². The van der Waals surface area contributed by atoms with Gasteiger partial charge in [0.15, 0.2) is 0 Å². The third-order valence-electron chi connectivity index (χ3n) is 2.92. The smallest absolute Gasteiger partial charge is 0.221 e. The van der Waals surface area contributed by atoms with E-state index in [1.165, 1.54) is 6.07 Å². The molecular formula is C12H12BrFN2O. The van der Waals surface area contributed by atoms with Gasteiger partial charge in [-0.2, -0.15) is 0 Å². The number of H-pyrrole nitrogens is 1. The minimum Gasteiger partial charge on any atom is -0.369 e. The molecule has 0 aliphatic heterocycles. The number of primary amides is 1. The molecule has 0 radical (unpaired) electrons. The number of benzene rings is 1. The van der Waals surface area contributed by atoms with Gasteiger partial charge in [0.25, 0.3) is 0 Å². The van der Waals surface area contributed by atoms with E-state index in [1.54, 1.807) is 0 Å². The quantitative estimate of drug-likeness (QED) is 0.880. The van der Waals surface area contributed by atoms with Crippen molar-refractivity contribution in [2.45, 2.75) is 20.3 Å². The van der Waals surface area contributed by atoms with Gasteiger partial charge in [-0.3, -0.25) is 4.79 Å². The maximum Gasteiger partial charge on any atom is 0.221 e. The number of aryl methyl sites for hydroxylation is 2. The summed E-state index contributed by atoms with van der Waals surface area (Å²) in [6.07, 6.45) is 0.0279. The molecule has 3 N–H and O–H groups in total. The molecular weight excluding hydrogens is 287 g/mol. The van der Waals surface area contributed by atoms with Crippen LogP contribution in [0.2, 0.25) is 0 Å². The predicted molar refractivity (Wildman–Crippen MR) is 68.3 cm³/mol. The van der Waals surface area contributed by atoms with Crippen LogP contribution >= 0.6 is 15.9 Å². The van der Waals surface area contributed by atoms with Gasteiger partial charge < -0.3 is 10.7 Å². The first-order valence-corrected chi connectivity index (χ1v) is 5.95. The van der Waals surface area contributed by atoms with E-state index in [0.717, 1.165) is 22.2 Å². The van der Waals surface area contributed by atoms with Crippen molar-refractivity contribution in [3.05, 3.63) is 33.2 Å². The summed E-state index contributed by atoms with van der Waals surface area (Å²) in [5, 5.41) is 0.777. The molecule has 2 aromatic rings. The zero-order valence-corrected chi connectivity index (χ0v) is 11.1. The van der Waals surface area contributed by atoms with Crippen LogP contribution in [0, 0.1) is 19.7 Å². The lowest BCUT2D eigenvalue weighted by molar-refractivity contribution is -0.117. The largest absolute Gasteiger partial charge is 0.369 e. The van der Waals surface area contributed by atoms with Crippen molar-refractivity contribution in [3.63, 3.8) is 0 Å². The molecule has 0 aliphatic rings. The molecule has 1 amide bonds. The number of fused-ring (bicyclic) bond motifs is 1. The third-order valence-corrected chi connectivity index (χ3v) is 3.69. The number of aromatic nitrogens is 1. The fourth-order valence-electron chi connectivity index (χ4n) is 1.97. The molecule has 3 nitrogen and oxygen atoms in total. The third kappa shape index (κ3) is 1.95. The van der Waals surface area contributed by atoms with E-state index in [0.29, 0.717) is 10.0 Å². The maximum atomic E-state index is 13.7. The van der Waals surface area contributed by atoms with E-state index >= 15 is 0 Å². The Bertz CT molecular complexity index is 619. The lowest BCUT2D eigenvalue weighted by Crippen LogP contribution is -2.14. The highest BCUT2D eigenvalue weighted by Crippen LogP contribution is 2.33. The number of rotatable bonds is 2. The van der Waals surface area contributed by atoms with Gasteiger partial charge in [-0.15, -0.1) is 0 Å². The Morgan fingerprint density at radius 1 is 1.53 bits per heavy atom. The standard InChI is InChI=1S/C12H12BrFN2O/c1-5-6(2)16-12-7(4-9(15)17)3-8(14)11(13)10(5)12/h3,16H,4H2,1-2H3,(H2,15,17). The fourth-order valence-corrected chi connectivity index (χ4v) is 2.58. The molecule has 0 atom stereocenters. The number of amides is 1. The number of nitrogens with one attached hydrogen (secondary N) is 1. The molecule has 5 heteroatoms. The van der Waals surface area contributed by atoms with E-state index in [1.807, 2.05) is 13.8 Å². The van der Waals surface area contributed by atoms with E-state index in [2.05, 4.69) is 20.9 Å². The molecule has 1 aromatic heterocycles. The highest BCUT2D eigenvalue weighted by molar-refractivity contribution is 9.10. The van der Waals surface area contributed by atoms with Crippen LogP contribution in [0.5, 0.6) is 0 Å². The summed E-state index contributed by atoms with van der Waals surface area (Å²) >= 11 is 3.23. The second kappa shape index (κ2) is 4.14. The average molecular weight is 299 g/mol. The summed E-state index contributed by atoms with van der Waals surface area (Å²) in [6.45, 7) is 3.82. The number of nitrogens with two attached hydrogens (primary N) is 1. The molecule has 0 fully saturated rings. The van der Waals surface area contributed by atoms with Crippen molar-refractivity contribution in [1.29, 1.82) is 0 Å². The van der Waals surface area contributed by atoms with Gasteiger partial charge >= 0.3 is 0 Å². The summed E-state index contributed by atoms with van der Waals surface area (Å²) in [5.41, 5.74) is 8.44. The number of halogens is 2. The Kier molecular flexibility index (Phi) is 2.95. The number of hydrogen-bond acceptors (Lipinski definition) is 1. The Balaban J connectivity index is 2.82. The van der Waals surface area contributed by atoms with Gasteiger partial charge in [0.05, 0.1) is 16.4 Å². The summed E-state index contributed by atoms with van der Waals surface area (Å²) in [4.78, 5) is 14.1. The fraction of sp³-hybridized carbons (Fsp3) is 0.250. The molecule has 1 heterocycles. The van der Waals surface area contributed by atoms with Gasteiger partial charge in [-0.25, -0.2) is 4.39 Å². The summed E-state index contributed by atoms with van der Waals surface area (Å²) in [6, 6.07) is 1.34. The predicted octanol–water partition coefficient (Wildman–Crippen LogP) is 2.71. The molecule has 2 rings (SSSR count). The lowest BCUT2D eigenvalue weighted by atomic mass is 10.1. The molecule has 0 bridgehead atoms. The molecule has 0 unspecified atom stereocenters. The molecule has 17 heavy (non-hydrogen) atoms. The summed E-state index contributed by atoms with van der Waals surface area (Å²) in [7, 11) is 0. The van der Waals surface area contributed by atoms with Crippen LogP contribution in [0.4, 0.5) is 4.39 Å². The Labute approximate surface area is 106 Å². The van der Waals surface area contributed by atoms with Crippen LogP contribution < -0.4 is 5.73 Å². The van der Waals surface area contributed by atoms with Crippen LogP contribution in [-0.2, 0) is 11.2 Å². The normalized spacial score (nSPS) is 11.1. The summed E-state index contributed by atoms with van der Waals surface area (Å²) < 4.78 is 14.2. The van der Waals surface area contributed by atoms with E-state index in [-0.39, 0.29) is 12.2 Å². The first-order chi connectivity index (χ1) is 7.91. The first-order valence-electron chi connectivity index (χ1n) is 5.16. The zero-order valence-electron chi connectivity index (χ0n) is 9.53. The highest BCUT2D eigenvalue weighted by Gasteiger charge is 2.16.